The zero-order valence-electron chi connectivity index (χ0n) is 8.09. The molecule has 1 aromatic rings. The molecule has 0 amide bonds. The lowest BCUT2D eigenvalue weighted by atomic mass is 10.0. The SMILES string of the molecule is Cc1cc(CCO)cc(C2CC2)c1. The Hall–Kier alpha value is -0.820. The number of aliphatic hydroxyl groups excluding tert-OH is 1. The number of aliphatic hydroxyl groups is 1. The topological polar surface area (TPSA) is 20.2 Å². The number of aryl methyl sites for hydroxylation is 1. The Morgan fingerprint density at radius 2 is 2.08 bits per heavy atom. The van der Waals surface area contributed by atoms with Gasteiger partial charge in [-0.15, -0.1) is 0 Å². The van der Waals surface area contributed by atoms with Crippen LogP contribution in [-0.4, -0.2) is 11.7 Å². The Morgan fingerprint density at radius 3 is 2.69 bits per heavy atom. The molecule has 0 aliphatic heterocycles. The van der Waals surface area contributed by atoms with Crippen LogP contribution in [0.4, 0.5) is 0 Å². The highest BCUT2D eigenvalue weighted by Crippen LogP contribution is 2.40. The summed E-state index contributed by atoms with van der Waals surface area (Å²) in [5.74, 6) is 0.817. The molecule has 70 valence electrons. The van der Waals surface area contributed by atoms with E-state index in [1.807, 2.05) is 0 Å². The first-order chi connectivity index (χ1) is 6.29. The molecule has 1 fully saturated rings. The number of hydrogen-bond donors (Lipinski definition) is 1. The van der Waals surface area contributed by atoms with E-state index in [1.54, 1.807) is 0 Å². The van der Waals surface area contributed by atoms with Gasteiger partial charge in [-0.25, -0.2) is 0 Å². The molecule has 1 aliphatic carbocycles. The van der Waals surface area contributed by atoms with Gasteiger partial charge in [0.15, 0.2) is 0 Å². The van der Waals surface area contributed by atoms with E-state index in [-0.39, 0.29) is 6.61 Å². The van der Waals surface area contributed by atoms with E-state index in [1.165, 1.54) is 29.5 Å². The molecule has 0 unspecified atom stereocenters. The highest BCUT2D eigenvalue weighted by Gasteiger charge is 2.23. The Kier molecular flexibility index (Phi) is 2.36. The second-order valence-corrected chi connectivity index (χ2v) is 4.00. The lowest BCUT2D eigenvalue weighted by Crippen LogP contribution is -1.93. The average molecular weight is 176 g/mol. The molecule has 1 aliphatic rings. The van der Waals surface area contributed by atoms with Crippen molar-refractivity contribution < 1.29 is 5.11 Å². The van der Waals surface area contributed by atoms with Crippen LogP contribution in [0.5, 0.6) is 0 Å². The van der Waals surface area contributed by atoms with Crippen molar-refractivity contribution in [3.8, 4) is 0 Å². The molecule has 1 heteroatoms. The van der Waals surface area contributed by atoms with Crippen LogP contribution in [0, 0.1) is 6.92 Å². The van der Waals surface area contributed by atoms with Crippen molar-refractivity contribution >= 4 is 0 Å². The van der Waals surface area contributed by atoms with Gasteiger partial charge in [-0.3, -0.25) is 0 Å². The van der Waals surface area contributed by atoms with Crippen LogP contribution < -0.4 is 0 Å². The van der Waals surface area contributed by atoms with Crippen molar-refractivity contribution in [1.29, 1.82) is 0 Å². The normalized spacial score (nSPS) is 16.2. The maximum atomic E-state index is 8.86. The van der Waals surface area contributed by atoms with Crippen molar-refractivity contribution in [2.24, 2.45) is 0 Å². The van der Waals surface area contributed by atoms with E-state index >= 15 is 0 Å². The molecule has 0 aromatic heterocycles. The summed E-state index contributed by atoms with van der Waals surface area (Å²) in [6, 6.07) is 6.70. The molecule has 2 rings (SSSR count). The van der Waals surface area contributed by atoms with Gasteiger partial charge in [0.25, 0.3) is 0 Å². The highest BCUT2D eigenvalue weighted by atomic mass is 16.2. The monoisotopic (exact) mass is 176 g/mol. The zero-order chi connectivity index (χ0) is 9.26. The molecular weight excluding hydrogens is 160 g/mol. The summed E-state index contributed by atoms with van der Waals surface area (Å²) >= 11 is 0. The van der Waals surface area contributed by atoms with Gasteiger partial charge >= 0.3 is 0 Å². The van der Waals surface area contributed by atoms with Gasteiger partial charge in [0, 0.05) is 6.61 Å². The summed E-state index contributed by atoms with van der Waals surface area (Å²) in [4.78, 5) is 0. The van der Waals surface area contributed by atoms with Crippen molar-refractivity contribution in [2.75, 3.05) is 6.61 Å². The van der Waals surface area contributed by atoms with Crippen LogP contribution in [0.15, 0.2) is 18.2 Å². The molecule has 13 heavy (non-hydrogen) atoms. The molecule has 0 heterocycles. The van der Waals surface area contributed by atoms with Gasteiger partial charge in [0.2, 0.25) is 0 Å². The number of rotatable bonds is 3. The van der Waals surface area contributed by atoms with E-state index in [2.05, 4.69) is 25.1 Å². The zero-order valence-corrected chi connectivity index (χ0v) is 8.09. The summed E-state index contributed by atoms with van der Waals surface area (Å²) in [5, 5.41) is 8.86. The van der Waals surface area contributed by atoms with Gasteiger partial charge in [-0.1, -0.05) is 23.8 Å². The van der Waals surface area contributed by atoms with E-state index in [9.17, 15) is 0 Å². The molecule has 0 spiro atoms. The van der Waals surface area contributed by atoms with E-state index < -0.39 is 0 Å². The summed E-state index contributed by atoms with van der Waals surface area (Å²) in [6.45, 7) is 2.39. The van der Waals surface area contributed by atoms with Gasteiger partial charge in [-0.05, 0) is 43.2 Å². The second kappa shape index (κ2) is 3.51. The predicted molar refractivity (Wildman–Crippen MR) is 53.9 cm³/mol. The largest absolute Gasteiger partial charge is 0.396 e. The third kappa shape index (κ3) is 2.10. The molecule has 0 radical (unpaired) electrons. The third-order valence-electron chi connectivity index (χ3n) is 2.61. The fourth-order valence-corrected chi connectivity index (χ4v) is 1.82. The van der Waals surface area contributed by atoms with E-state index in [0.717, 1.165) is 12.3 Å². The van der Waals surface area contributed by atoms with Crippen molar-refractivity contribution in [1.82, 2.24) is 0 Å². The van der Waals surface area contributed by atoms with Crippen LogP contribution in [-0.2, 0) is 6.42 Å². The molecule has 0 saturated heterocycles. The molecular formula is C12H16O. The van der Waals surface area contributed by atoms with E-state index in [0.29, 0.717) is 0 Å². The summed E-state index contributed by atoms with van der Waals surface area (Å²) < 4.78 is 0. The Balaban J connectivity index is 2.25. The molecule has 1 N–H and O–H groups in total. The second-order valence-electron chi connectivity index (χ2n) is 4.00. The minimum Gasteiger partial charge on any atom is -0.396 e. The number of benzene rings is 1. The lowest BCUT2D eigenvalue weighted by molar-refractivity contribution is 0.299. The van der Waals surface area contributed by atoms with Crippen LogP contribution in [0.25, 0.3) is 0 Å². The van der Waals surface area contributed by atoms with Gasteiger partial charge < -0.3 is 5.11 Å². The minimum absolute atomic E-state index is 0.258. The van der Waals surface area contributed by atoms with Gasteiger partial charge in [0.05, 0.1) is 0 Å². The Bertz CT molecular complexity index is 300. The highest BCUT2D eigenvalue weighted by molar-refractivity contribution is 5.33. The molecule has 0 bridgehead atoms. The first-order valence-electron chi connectivity index (χ1n) is 5.01. The third-order valence-corrected chi connectivity index (χ3v) is 2.61. The molecule has 0 atom stereocenters. The fourth-order valence-electron chi connectivity index (χ4n) is 1.82. The maximum absolute atomic E-state index is 8.86. The van der Waals surface area contributed by atoms with Crippen LogP contribution >= 0.6 is 0 Å². The minimum atomic E-state index is 0.258. The predicted octanol–water partition coefficient (Wildman–Crippen LogP) is 2.41. The molecule has 1 aromatic carbocycles. The van der Waals surface area contributed by atoms with Crippen molar-refractivity contribution in [3.05, 3.63) is 34.9 Å². The van der Waals surface area contributed by atoms with E-state index in [4.69, 9.17) is 5.11 Å². The maximum Gasteiger partial charge on any atom is 0.0471 e. The van der Waals surface area contributed by atoms with Crippen LogP contribution in [0.2, 0.25) is 0 Å². The average Bonchev–Trinajstić information content (AvgIpc) is 2.85. The first-order valence-corrected chi connectivity index (χ1v) is 5.01. The fraction of sp³-hybridized carbons (Fsp3) is 0.500. The van der Waals surface area contributed by atoms with Crippen LogP contribution in [0.3, 0.4) is 0 Å². The quantitative estimate of drug-likeness (QED) is 0.749. The first kappa shape index (κ1) is 8.76. The van der Waals surface area contributed by atoms with Gasteiger partial charge in [0.1, 0.15) is 0 Å². The van der Waals surface area contributed by atoms with Crippen LogP contribution in [0.1, 0.15) is 35.4 Å². The van der Waals surface area contributed by atoms with Gasteiger partial charge in [-0.2, -0.15) is 0 Å². The Morgan fingerprint density at radius 1 is 1.31 bits per heavy atom. The Labute approximate surface area is 79.4 Å². The number of hydrogen-bond acceptors (Lipinski definition) is 1. The molecule has 1 saturated carbocycles. The van der Waals surface area contributed by atoms with Crippen molar-refractivity contribution in [3.63, 3.8) is 0 Å². The summed E-state index contributed by atoms with van der Waals surface area (Å²) in [7, 11) is 0. The molecule has 1 nitrogen and oxygen atoms in total. The lowest BCUT2D eigenvalue weighted by Gasteiger charge is -2.05. The smallest absolute Gasteiger partial charge is 0.0471 e. The standard InChI is InChI=1S/C12H16O/c1-9-6-10(4-5-13)8-12(7-9)11-2-3-11/h6-8,11,13H,2-5H2,1H3. The summed E-state index contributed by atoms with van der Waals surface area (Å²) in [6.07, 6.45) is 3.49. The summed E-state index contributed by atoms with van der Waals surface area (Å²) in [5.41, 5.74) is 4.08. The van der Waals surface area contributed by atoms with Crippen molar-refractivity contribution in [2.45, 2.75) is 32.1 Å².